The fourth-order valence-electron chi connectivity index (χ4n) is 2.12. The van der Waals surface area contributed by atoms with Crippen LogP contribution >= 0.6 is 0 Å². The van der Waals surface area contributed by atoms with E-state index >= 15 is 0 Å². The molecule has 18 heavy (non-hydrogen) atoms. The van der Waals surface area contributed by atoms with Gasteiger partial charge < -0.3 is 15.4 Å². The Labute approximate surface area is 108 Å². The van der Waals surface area contributed by atoms with Crippen LogP contribution in [0.1, 0.15) is 18.4 Å². The lowest BCUT2D eigenvalue weighted by Gasteiger charge is -2.20. The number of hydrogen-bond acceptors (Lipinski definition) is 3. The van der Waals surface area contributed by atoms with Gasteiger partial charge in [0.15, 0.2) is 11.6 Å². The number of rotatable bonds is 6. The van der Waals surface area contributed by atoms with Crippen molar-refractivity contribution in [1.82, 2.24) is 4.90 Å². The molecule has 0 saturated heterocycles. The summed E-state index contributed by atoms with van der Waals surface area (Å²) in [6, 6.07) is 5.13. The van der Waals surface area contributed by atoms with Crippen molar-refractivity contribution in [3.63, 3.8) is 0 Å². The Kier molecular flexibility index (Phi) is 3.88. The first-order chi connectivity index (χ1) is 8.52. The SMILES string of the molecule is COc1ccc(CCN(C)CC2(N)CC2)cc1F. The van der Waals surface area contributed by atoms with Crippen molar-refractivity contribution >= 4 is 0 Å². The van der Waals surface area contributed by atoms with Gasteiger partial charge in [-0.3, -0.25) is 0 Å². The predicted octanol–water partition coefficient (Wildman–Crippen LogP) is 1.80. The molecule has 0 bridgehead atoms. The van der Waals surface area contributed by atoms with Gasteiger partial charge in [0.25, 0.3) is 0 Å². The molecule has 100 valence electrons. The molecule has 1 fully saturated rings. The highest BCUT2D eigenvalue weighted by molar-refractivity contribution is 5.29. The smallest absolute Gasteiger partial charge is 0.165 e. The van der Waals surface area contributed by atoms with E-state index in [1.54, 1.807) is 12.1 Å². The molecule has 2 N–H and O–H groups in total. The van der Waals surface area contributed by atoms with Crippen molar-refractivity contribution in [3.05, 3.63) is 29.6 Å². The average molecular weight is 252 g/mol. The van der Waals surface area contributed by atoms with Crippen LogP contribution in [0.25, 0.3) is 0 Å². The van der Waals surface area contributed by atoms with Crippen molar-refractivity contribution in [2.75, 3.05) is 27.2 Å². The lowest BCUT2D eigenvalue weighted by Crippen LogP contribution is -2.38. The molecule has 0 heterocycles. The number of ether oxygens (including phenoxy) is 1. The van der Waals surface area contributed by atoms with Crippen LogP contribution < -0.4 is 10.5 Å². The zero-order valence-corrected chi connectivity index (χ0v) is 11.1. The molecule has 0 aromatic heterocycles. The third-order valence-corrected chi connectivity index (χ3v) is 3.48. The summed E-state index contributed by atoms with van der Waals surface area (Å²) >= 11 is 0. The summed E-state index contributed by atoms with van der Waals surface area (Å²) in [5.41, 5.74) is 7.09. The lowest BCUT2D eigenvalue weighted by molar-refractivity contribution is 0.306. The van der Waals surface area contributed by atoms with E-state index in [0.717, 1.165) is 37.9 Å². The third kappa shape index (κ3) is 3.43. The minimum atomic E-state index is -0.296. The second-order valence-corrected chi connectivity index (χ2v) is 5.32. The monoisotopic (exact) mass is 252 g/mol. The van der Waals surface area contributed by atoms with Crippen LogP contribution in [0.3, 0.4) is 0 Å². The highest BCUT2D eigenvalue weighted by Crippen LogP contribution is 2.32. The van der Waals surface area contributed by atoms with Crippen molar-refractivity contribution in [1.29, 1.82) is 0 Å². The Balaban J connectivity index is 1.84. The van der Waals surface area contributed by atoms with Gasteiger partial charge in [-0.2, -0.15) is 0 Å². The number of halogens is 1. The summed E-state index contributed by atoms with van der Waals surface area (Å²) < 4.78 is 18.4. The van der Waals surface area contributed by atoms with Crippen LogP contribution in [0.4, 0.5) is 4.39 Å². The normalized spacial score (nSPS) is 16.9. The molecule has 0 aliphatic heterocycles. The minimum absolute atomic E-state index is 0.0416. The molecule has 0 radical (unpaired) electrons. The van der Waals surface area contributed by atoms with Gasteiger partial charge in [-0.05, 0) is 44.0 Å². The van der Waals surface area contributed by atoms with Gasteiger partial charge in [0.1, 0.15) is 0 Å². The van der Waals surface area contributed by atoms with Crippen LogP contribution in [-0.4, -0.2) is 37.7 Å². The Morgan fingerprint density at radius 1 is 1.44 bits per heavy atom. The van der Waals surface area contributed by atoms with E-state index < -0.39 is 0 Å². The van der Waals surface area contributed by atoms with Crippen LogP contribution in [0, 0.1) is 5.82 Å². The molecule has 3 nitrogen and oxygen atoms in total. The number of hydrogen-bond donors (Lipinski definition) is 1. The maximum absolute atomic E-state index is 13.5. The van der Waals surface area contributed by atoms with Crippen molar-refractivity contribution < 1.29 is 9.13 Å². The van der Waals surface area contributed by atoms with Gasteiger partial charge in [0.2, 0.25) is 0 Å². The summed E-state index contributed by atoms with van der Waals surface area (Å²) in [5.74, 6) is 0.00105. The maximum Gasteiger partial charge on any atom is 0.165 e. The summed E-state index contributed by atoms with van der Waals surface area (Å²) in [5, 5.41) is 0. The Morgan fingerprint density at radius 2 is 2.17 bits per heavy atom. The number of nitrogens with two attached hydrogens (primary N) is 1. The summed E-state index contributed by atoms with van der Waals surface area (Å²) in [6.07, 6.45) is 3.07. The summed E-state index contributed by atoms with van der Waals surface area (Å²) in [7, 11) is 3.54. The molecule has 0 unspecified atom stereocenters. The average Bonchev–Trinajstić information content (AvgIpc) is 3.04. The van der Waals surface area contributed by atoms with Gasteiger partial charge in [-0.25, -0.2) is 4.39 Å². The quantitative estimate of drug-likeness (QED) is 0.839. The zero-order valence-electron chi connectivity index (χ0n) is 11.1. The van der Waals surface area contributed by atoms with Crippen LogP contribution in [-0.2, 0) is 6.42 Å². The Hall–Kier alpha value is -1.13. The topological polar surface area (TPSA) is 38.5 Å². The molecule has 1 aliphatic carbocycles. The number of methoxy groups -OCH3 is 1. The molecule has 0 amide bonds. The first-order valence-corrected chi connectivity index (χ1v) is 6.32. The first kappa shape index (κ1) is 13.3. The van der Waals surface area contributed by atoms with E-state index in [1.165, 1.54) is 7.11 Å². The zero-order chi connectivity index (χ0) is 13.2. The minimum Gasteiger partial charge on any atom is -0.494 e. The standard InChI is InChI=1S/C14H21FN2O/c1-17(10-14(16)6-7-14)8-5-11-3-4-13(18-2)12(15)9-11/h3-4,9H,5-8,10,16H2,1-2H3. The number of benzene rings is 1. The second-order valence-electron chi connectivity index (χ2n) is 5.32. The molecule has 4 heteroatoms. The summed E-state index contributed by atoms with van der Waals surface area (Å²) in [4.78, 5) is 2.22. The van der Waals surface area contributed by atoms with E-state index in [-0.39, 0.29) is 11.4 Å². The van der Waals surface area contributed by atoms with Gasteiger partial charge in [0, 0.05) is 18.6 Å². The molecular weight excluding hydrogens is 231 g/mol. The number of nitrogens with zero attached hydrogens (tertiary/aromatic N) is 1. The van der Waals surface area contributed by atoms with Gasteiger partial charge >= 0.3 is 0 Å². The molecule has 1 saturated carbocycles. The van der Waals surface area contributed by atoms with Crippen LogP contribution in [0.5, 0.6) is 5.75 Å². The Morgan fingerprint density at radius 3 is 2.72 bits per heavy atom. The molecule has 0 spiro atoms. The van der Waals surface area contributed by atoms with Crippen molar-refractivity contribution in [3.8, 4) is 5.75 Å². The van der Waals surface area contributed by atoms with Gasteiger partial charge in [0.05, 0.1) is 7.11 Å². The fourth-order valence-corrected chi connectivity index (χ4v) is 2.12. The molecule has 0 atom stereocenters. The third-order valence-electron chi connectivity index (χ3n) is 3.48. The highest BCUT2D eigenvalue weighted by atomic mass is 19.1. The van der Waals surface area contributed by atoms with E-state index in [4.69, 9.17) is 10.5 Å². The largest absolute Gasteiger partial charge is 0.494 e. The predicted molar refractivity (Wildman–Crippen MR) is 70.3 cm³/mol. The van der Waals surface area contributed by atoms with Crippen molar-refractivity contribution in [2.45, 2.75) is 24.8 Å². The van der Waals surface area contributed by atoms with Crippen LogP contribution in [0.15, 0.2) is 18.2 Å². The molecular formula is C14H21FN2O. The second kappa shape index (κ2) is 5.24. The highest BCUT2D eigenvalue weighted by Gasteiger charge is 2.38. The molecule has 2 rings (SSSR count). The lowest BCUT2D eigenvalue weighted by atomic mass is 10.1. The van der Waals surface area contributed by atoms with Gasteiger partial charge in [-0.15, -0.1) is 0 Å². The van der Waals surface area contributed by atoms with Gasteiger partial charge in [-0.1, -0.05) is 6.07 Å². The Bertz CT molecular complexity index is 418. The number of likely N-dealkylation sites (N-methyl/N-ethyl adjacent to an activating group) is 1. The van der Waals surface area contributed by atoms with E-state index in [2.05, 4.69) is 11.9 Å². The van der Waals surface area contributed by atoms with E-state index in [0.29, 0.717) is 5.75 Å². The van der Waals surface area contributed by atoms with Crippen molar-refractivity contribution in [2.24, 2.45) is 5.73 Å². The first-order valence-electron chi connectivity index (χ1n) is 6.32. The van der Waals surface area contributed by atoms with E-state index in [1.807, 2.05) is 6.07 Å². The summed E-state index contributed by atoms with van der Waals surface area (Å²) in [6.45, 7) is 1.82. The van der Waals surface area contributed by atoms with E-state index in [9.17, 15) is 4.39 Å². The molecule has 1 aromatic carbocycles. The van der Waals surface area contributed by atoms with Crippen LogP contribution in [0.2, 0.25) is 0 Å². The maximum atomic E-state index is 13.5. The molecule has 1 aromatic rings. The fraction of sp³-hybridized carbons (Fsp3) is 0.571. The molecule has 1 aliphatic rings.